The van der Waals surface area contributed by atoms with Crippen molar-refractivity contribution in [2.45, 2.75) is 6.92 Å². The minimum absolute atomic E-state index is 0.557. The van der Waals surface area contributed by atoms with Crippen LogP contribution < -0.4 is 0 Å². The third-order valence-electron chi connectivity index (χ3n) is 14.3. The molecule has 0 atom stereocenters. The summed E-state index contributed by atoms with van der Waals surface area (Å²) in [7, 11) is 0. The third-order valence-corrected chi connectivity index (χ3v) is 15.4. The van der Waals surface area contributed by atoms with E-state index in [-0.39, 0.29) is 0 Å². The van der Waals surface area contributed by atoms with Gasteiger partial charge >= 0.3 is 0 Å². The molecule has 5 aromatic heterocycles. The van der Waals surface area contributed by atoms with Crippen molar-refractivity contribution < 1.29 is 4.42 Å². The van der Waals surface area contributed by atoms with Gasteiger partial charge in [-0.1, -0.05) is 158 Å². The van der Waals surface area contributed by atoms with Crippen LogP contribution in [0.2, 0.25) is 0 Å². The lowest BCUT2D eigenvalue weighted by Gasteiger charge is -2.16. The predicted molar refractivity (Wildman–Crippen MR) is 295 cm³/mol. The second kappa shape index (κ2) is 15.4. The van der Waals surface area contributed by atoms with Gasteiger partial charge in [0.15, 0.2) is 17.5 Å². The van der Waals surface area contributed by atoms with Crippen LogP contribution in [0, 0.1) is 6.92 Å². The lowest BCUT2D eigenvalue weighted by molar-refractivity contribution is 0.669. The van der Waals surface area contributed by atoms with Crippen LogP contribution in [0.4, 0.5) is 0 Å². The highest BCUT2D eigenvalue weighted by molar-refractivity contribution is 7.25. The van der Waals surface area contributed by atoms with E-state index in [4.69, 9.17) is 19.4 Å². The van der Waals surface area contributed by atoms with Crippen molar-refractivity contribution in [1.29, 1.82) is 0 Å². The lowest BCUT2D eigenvalue weighted by Crippen LogP contribution is -2.03. The van der Waals surface area contributed by atoms with Crippen molar-refractivity contribution in [3.05, 3.63) is 224 Å². The maximum Gasteiger partial charge on any atom is 0.168 e. The van der Waals surface area contributed by atoms with E-state index in [1.165, 1.54) is 52.8 Å². The first-order valence-electron chi connectivity index (χ1n) is 23.9. The molecule has 0 aliphatic heterocycles. The van der Waals surface area contributed by atoms with Gasteiger partial charge in [-0.05, 0) is 78.7 Å². The van der Waals surface area contributed by atoms with Gasteiger partial charge < -0.3 is 13.6 Å². The highest BCUT2D eigenvalue weighted by Crippen LogP contribution is 2.50. The second-order valence-corrected chi connectivity index (χ2v) is 19.4. The van der Waals surface area contributed by atoms with Gasteiger partial charge in [-0.3, -0.25) is 0 Å². The molecule has 0 unspecified atom stereocenters. The van der Waals surface area contributed by atoms with Crippen LogP contribution in [-0.2, 0) is 0 Å². The molecule has 0 radical (unpaired) electrons. The van der Waals surface area contributed by atoms with Crippen LogP contribution in [0.15, 0.2) is 223 Å². The average Bonchev–Trinajstić information content (AvgIpc) is 4.19. The van der Waals surface area contributed by atoms with Gasteiger partial charge in [0, 0.05) is 69.5 Å². The molecule has 332 valence electrons. The zero-order valence-corrected chi connectivity index (χ0v) is 39.2. The molecular weight excluding hydrogens is 887 g/mol. The summed E-state index contributed by atoms with van der Waals surface area (Å²) in [6.45, 7) is 2.16. The summed E-state index contributed by atoms with van der Waals surface area (Å²) in [5, 5.41) is 9.27. The molecule has 15 aromatic rings. The Morgan fingerprint density at radius 1 is 0.408 bits per heavy atom. The number of aryl methyl sites for hydroxylation is 1. The van der Waals surface area contributed by atoms with E-state index in [0.717, 1.165) is 77.6 Å². The first-order chi connectivity index (χ1) is 35.1. The second-order valence-electron chi connectivity index (χ2n) is 18.3. The molecule has 0 N–H and O–H groups in total. The summed E-state index contributed by atoms with van der Waals surface area (Å²) in [6.07, 6.45) is 0. The number of hydrogen-bond acceptors (Lipinski definition) is 5. The van der Waals surface area contributed by atoms with Crippen LogP contribution in [0.25, 0.3) is 142 Å². The van der Waals surface area contributed by atoms with Crippen LogP contribution in [0.5, 0.6) is 0 Å². The van der Waals surface area contributed by atoms with Gasteiger partial charge in [-0.25, -0.2) is 15.0 Å². The molecule has 0 amide bonds. The number of rotatable bonds is 6. The van der Waals surface area contributed by atoms with E-state index in [1.54, 1.807) is 0 Å². The van der Waals surface area contributed by atoms with E-state index in [0.29, 0.717) is 17.5 Å². The molecule has 0 spiro atoms. The standard InChI is InChI=1S/C64H39N5OS/c1-38-35-52(57-46-28-13-17-31-53(46)70-61(57)56(38)64-66-62(39-19-5-2-6-20-39)65-63(67-64)40-21-7-3-8-22-40)69-50-29-15-11-25-43(50)49-37-47(41-33-34-55-48(36-41)44-26-14-18-32-54(44)71-55)59-58(60(49)69)45-27-12-16-30-51(45)68(59)42-23-9-4-10-24-42/h2-37H,1H3. The average molecular weight is 926 g/mol. The Kier molecular flexibility index (Phi) is 8.64. The Morgan fingerprint density at radius 3 is 1.72 bits per heavy atom. The van der Waals surface area contributed by atoms with Crippen molar-refractivity contribution in [2.24, 2.45) is 0 Å². The number of furan rings is 1. The van der Waals surface area contributed by atoms with Crippen molar-refractivity contribution in [3.63, 3.8) is 0 Å². The van der Waals surface area contributed by atoms with Crippen molar-refractivity contribution in [3.8, 4) is 56.7 Å². The van der Waals surface area contributed by atoms with Gasteiger partial charge in [-0.15, -0.1) is 11.3 Å². The lowest BCUT2D eigenvalue weighted by atomic mass is 9.96. The van der Waals surface area contributed by atoms with Crippen molar-refractivity contribution in [1.82, 2.24) is 24.1 Å². The van der Waals surface area contributed by atoms with Crippen LogP contribution in [0.1, 0.15) is 5.56 Å². The van der Waals surface area contributed by atoms with E-state index >= 15 is 0 Å². The fourth-order valence-electron chi connectivity index (χ4n) is 11.2. The largest absolute Gasteiger partial charge is 0.455 e. The van der Waals surface area contributed by atoms with Crippen LogP contribution in [0.3, 0.4) is 0 Å². The van der Waals surface area contributed by atoms with Gasteiger partial charge in [-0.2, -0.15) is 0 Å². The Bertz CT molecular complexity index is 4580. The van der Waals surface area contributed by atoms with Gasteiger partial charge in [0.25, 0.3) is 0 Å². The highest BCUT2D eigenvalue weighted by Gasteiger charge is 2.28. The van der Waals surface area contributed by atoms with Gasteiger partial charge in [0.2, 0.25) is 0 Å². The number of thiophene rings is 1. The topological polar surface area (TPSA) is 61.7 Å². The molecular formula is C64H39N5OS. The number of aromatic nitrogens is 5. The first-order valence-corrected chi connectivity index (χ1v) is 24.8. The molecule has 71 heavy (non-hydrogen) atoms. The molecule has 10 aromatic carbocycles. The molecule has 5 heterocycles. The summed E-state index contributed by atoms with van der Waals surface area (Å²) >= 11 is 1.85. The smallest absolute Gasteiger partial charge is 0.168 e. The zero-order chi connectivity index (χ0) is 46.7. The molecule has 7 heteroatoms. The minimum atomic E-state index is 0.557. The van der Waals surface area contributed by atoms with Crippen molar-refractivity contribution >= 4 is 97.1 Å². The molecule has 0 fully saturated rings. The third kappa shape index (κ3) is 5.97. The molecule has 6 nitrogen and oxygen atoms in total. The quantitative estimate of drug-likeness (QED) is 0.167. The van der Waals surface area contributed by atoms with Crippen molar-refractivity contribution in [2.75, 3.05) is 0 Å². The fourth-order valence-corrected chi connectivity index (χ4v) is 12.3. The van der Waals surface area contributed by atoms with E-state index < -0.39 is 0 Å². The maximum absolute atomic E-state index is 7.11. The Labute approximate surface area is 411 Å². The van der Waals surface area contributed by atoms with Gasteiger partial charge in [0.05, 0.1) is 38.7 Å². The Balaban J connectivity index is 1.09. The van der Waals surface area contributed by atoms with Crippen LogP contribution >= 0.6 is 11.3 Å². The molecule has 0 bridgehead atoms. The summed E-state index contributed by atoms with van der Waals surface area (Å²) in [5.74, 6) is 1.76. The monoisotopic (exact) mass is 925 g/mol. The zero-order valence-electron chi connectivity index (χ0n) is 38.3. The molecule has 0 aliphatic carbocycles. The first kappa shape index (κ1) is 39.8. The SMILES string of the molecule is Cc1cc(-n2c3ccccc3c3cc(-c4ccc5sc6ccccc6c5c4)c4c(c5ccccc5n4-c4ccccc4)c32)c2c(oc3ccccc32)c1-c1nc(-c2ccccc2)nc(-c2ccccc2)n1. The van der Waals surface area contributed by atoms with E-state index in [1.807, 2.05) is 78.1 Å². The summed E-state index contributed by atoms with van der Waals surface area (Å²) < 4.78 is 14.7. The normalized spacial score (nSPS) is 12.0. The maximum atomic E-state index is 7.11. The highest BCUT2D eigenvalue weighted by atomic mass is 32.1. The summed E-state index contributed by atoms with van der Waals surface area (Å²) in [6, 6.07) is 77.9. The van der Waals surface area contributed by atoms with Gasteiger partial charge in [0.1, 0.15) is 11.2 Å². The predicted octanol–water partition coefficient (Wildman–Crippen LogP) is 17.3. The minimum Gasteiger partial charge on any atom is -0.455 e. The molecule has 0 saturated carbocycles. The number of nitrogens with zero attached hydrogens (tertiary/aromatic N) is 5. The Morgan fingerprint density at radius 2 is 0.986 bits per heavy atom. The number of fused-ring (bicyclic) bond motifs is 13. The summed E-state index contributed by atoms with van der Waals surface area (Å²) in [5.41, 5.74) is 14.2. The fraction of sp³-hybridized carbons (Fsp3) is 0.0156. The van der Waals surface area contributed by atoms with E-state index in [2.05, 4.69) is 168 Å². The molecule has 0 aliphatic rings. The van der Waals surface area contributed by atoms with E-state index in [9.17, 15) is 0 Å². The van der Waals surface area contributed by atoms with Crippen LogP contribution in [-0.4, -0.2) is 24.1 Å². The number of benzene rings is 10. The number of hydrogen-bond donors (Lipinski definition) is 0. The number of para-hydroxylation sites is 4. The summed E-state index contributed by atoms with van der Waals surface area (Å²) in [4.78, 5) is 15.6. The molecule has 0 saturated heterocycles. The molecule has 15 rings (SSSR count). The Hall–Kier alpha value is -9.17.